The molecular weight excluding hydrogens is 249 g/mol. The van der Waals surface area contributed by atoms with Crippen LogP contribution in [0.3, 0.4) is 0 Å². The molecule has 1 aromatic carbocycles. The zero-order chi connectivity index (χ0) is 14.3. The van der Waals surface area contributed by atoms with Gasteiger partial charge >= 0.3 is 5.97 Å². The van der Waals surface area contributed by atoms with Crippen molar-refractivity contribution in [2.24, 2.45) is 0 Å². The van der Waals surface area contributed by atoms with Crippen LogP contribution in [-0.2, 0) is 9.53 Å². The van der Waals surface area contributed by atoms with E-state index in [9.17, 15) is 9.18 Å². The Morgan fingerprint density at radius 3 is 2.84 bits per heavy atom. The maximum Gasteiger partial charge on any atom is 0.308 e. The van der Waals surface area contributed by atoms with Crippen LogP contribution in [0.4, 0.5) is 4.39 Å². The summed E-state index contributed by atoms with van der Waals surface area (Å²) in [6.07, 6.45) is 0.170. The first-order valence-electron chi connectivity index (χ1n) is 6.31. The minimum absolute atomic E-state index is 0.0196. The van der Waals surface area contributed by atoms with E-state index in [1.165, 1.54) is 19.2 Å². The van der Waals surface area contributed by atoms with Gasteiger partial charge in [-0.2, -0.15) is 0 Å². The van der Waals surface area contributed by atoms with Crippen LogP contribution in [0, 0.1) is 5.82 Å². The molecule has 106 valence electrons. The number of rotatable bonds is 7. The van der Waals surface area contributed by atoms with Crippen LogP contribution < -0.4 is 10.1 Å². The average Bonchev–Trinajstić information content (AvgIpc) is 2.40. The molecule has 1 rings (SSSR count). The Bertz CT molecular complexity index is 423. The highest BCUT2D eigenvalue weighted by Gasteiger charge is 2.12. The number of hydrogen-bond donors (Lipinski definition) is 1. The van der Waals surface area contributed by atoms with Crippen molar-refractivity contribution >= 4 is 5.97 Å². The van der Waals surface area contributed by atoms with Crippen LogP contribution in [0.5, 0.6) is 5.75 Å². The molecule has 0 aliphatic carbocycles. The summed E-state index contributed by atoms with van der Waals surface area (Å²) in [6.45, 7) is 4.91. The zero-order valence-corrected chi connectivity index (χ0v) is 11.5. The molecule has 1 aromatic rings. The lowest BCUT2D eigenvalue weighted by atomic mass is 10.1. The minimum Gasteiger partial charge on any atom is -0.493 e. The molecule has 0 aliphatic rings. The normalized spacial score (nSPS) is 12.0. The molecule has 1 atom stereocenters. The van der Waals surface area contributed by atoms with Gasteiger partial charge in [0.1, 0.15) is 11.6 Å². The molecule has 0 amide bonds. The van der Waals surface area contributed by atoms with E-state index < -0.39 is 0 Å². The molecule has 0 saturated heterocycles. The Hall–Kier alpha value is -1.62. The summed E-state index contributed by atoms with van der Waals surface area (Å²) in [4.78, 5) is 11.0. The predicted molar refractivity (Wildman–Crippen MR) is 70.6 cm³/mol. The van der Waals surface area contributed by atoms with Crippen molar-refractivity contribution < 1.29 is 18.7 Å². The molecule has 0 bridgehead atoms. The number of methoxy groups -OCH3 is 1. The van der Waals surface area contributed by atoms with Crippen LogP contribution in [-0.4, -0.2) is 26.2 Å². The van der Waals surface area contributed by atoms with Crippen molar-refractivity contribution in [3.8, 4) is 5.75 Å². The van der Waals surface area contributed by atoms with Gasteiger partial charge in [0, 0.05) is 11.6 Å². The second kappa shape index (κ2) is 7.74. The first-order valence-corrected chi connectivity index (χ1v) is 6.31. The van der Waals surface area contributed by atoms with Gasteiger partial charge in [0.25, 0.3) is 0 Å². The Morgan fingerprint density at radius 1 is 1.47 bits per heavy atom. The number of carbonyl (C=O) groups is 1. The summed E-state index contributed by atoms with van der Waals surface area (Å²) in [5.74, 6) is -0.0535. The average molecular weight is 269 g/mol. The standard InChI is InChI=1S/C14H20FNO3/c1-4-16-10(2)12-9-11(15)5-6-13(12)19-8-7-14(17)18-3/h5-6,9-10,16H,4,7-8H2,1-3H3. The zero-order valence-electron chi connectivity index (χ0n) is 11.5. The molecule has 5 heteroatoms. The Labute approximate surface area is 112 Å². The topological polar surface area (TPSA) is 47.6 Å². The van der Waals surface area contributed by atoms with Crippen LogP contribution >= 0.6 is 0 Å². The predicted octanol–water partition coefficient (Wildman–Crippen LogP) is 2.44. The summed E-state index contributed by atoms with van der Waals surface area (Å²) >= 11 is 0. The number of hydrogen-bond acceptors (Lipinski definition) is 4. The van der Waals surface area contributed by atoms with E-state index in [1.54, 1.807) is 6.07 Å². The van der Waals surface area contributed by atoms with Crippen molar-refractivity contribution in [1.82, 2.24) is 5.32 Å². The Balaban J connectivity index is 2.73. The molecule has 4 nitrogen and oxygen atoms in total. The van der Waals surface area contributed by atoms with E-state index in [2.05, 4.69) is 10.1 Å². The lowest BCUT2D eigenvalue weighted by molar-refractivity contribution is -0.141. The minimum atomic E-state index is -0.330. The van der Waals surface area contributed by atoms with E-state index in [0.29, 0.717) is 5.75 Å². The molecule has 0 heterocycles. The molecule has 0 fully saturated rings. The number of nitrogens with one attached hydrogen (secondary N) is 1. The maximum atomic E-state index is 13.3. The fraction of sp³-hybridized carbons (Fsp3) is 0.500. The van der Waals surface area contributed by atoms with Gasteiger partial charge in [0.05, 0.1) is 20.1 Å². The van der Waals surface area contributed by atoms with Crippen LogP contribution in [0.25, 0.3) is 0 Å². The van der Waals surface area contributed by atoms with Crippen LogP contribution in [0.1, 0.15) is 31.9 Å². The molecule has 1 N–H and O–H groups in total. The molecule has 0 aliphatic heterocycles. The molecule has 0 saturated carbocycles. The Morgan fingerprint density at radius 2 is 2.21 bits per heavy atom. The number of ether oxygens (including phenoxy) is 2. The number of halogens is 1. The number of carbonyl (C=O) groups excluding carboxylic acids is 1. The second-order valence-corrected chi connectivity index (χ2v) is 4.14. The first-order chi connectivity index (χ1) is 9.08. The summed E-state index contributed by atoms with van der Waals surface area (Å²) in [5, 5.41) is 3.20. The summed E-state index contributed by atoms with van der Waals surface area (Å²) in [6, 6.07) is 4.35. The van der Waals surface area contributed by atoms with Gasteiger partial charge in [-0.3, -0.25) is 4.79 Å². The van der Waals surface area contributed by atoms with E-state index in [4.69, 9.17) is 4.74 Å². The van der Waals surface area contributed by atoms with Gasteiger partial charge in [0.2, 0.25) is 0 Å². The fourth-order valence-electron chi connectivity index (χ4n) is 1.75. The summed E-state index contributed by atoms with van der Waals surface area (Å²) < 4.78 is 23.4. The van der Waals surface area contributed by atoms with E-state index >= 15 is 0 Å². The Kier molecular flexibility index (Phi) is 6.29. The van der Waals surface area contributed by atoms with Crippen molar-refractivity contribution in [2.75, 3.05) is 20.3 Å². The molecule has 0 aromatic heterocycles. The van der Waals surface area contributed by atoms with Crippen LogP contribution in [0.2, 0.25) is 0 Å². The van der Waals surface area contributed by atoms with E-state index in [0.717, 1.165) is 12.1 Å². The van der Waals surface area contributed by atoms with Gasteiger partial charge in [-0.1, -0.05) is 6.92 Å². The second-order valence-electron chi connectivity index (χ2n) is 4.14. The first kappa shape index (κ1) is 15.4. The van der Waals surface area contributed by atoms with E-state index in [-0.39, 0.29) is 30.9 Å². The van der Waals surface area contributed by atoms with Gasteiger partial charge in [-0.25, -0.2) is 4.39 Å². The van der Waals surface area contributed by atoms with Gasteiger partial charge in [-0.15, -0.1) is 0 Å². The molecule has 19 heavy (non-hydrogen) atoms. The smallest absolute Gasteiger partial charge is 0.308 e. The van der Waals surface area contributed by atoms with Crippen molar-refractivity contribution in [1.29, 1.82) is 0 Å². The van der Waals surface area contributed by atoms with Gasteiger partial charge in [-0.05, 0) is 31.7 Å². The number of benzene rings is 1. The van der Waals surface area contributed by atoms with Gasteiger partial charge in [0.15, 0.2) is 0 Å². The maximum absolute atomic E-state index is 13.3. The van der Waals surface area contributed by atoms with Crippen molar-refractivity contribution in [3.63, 3.8) is 0 Å². The summed E-state index contributed by atoms with van der Waals surface area (Å²) in [7, 11) is 1.33. The monoisotopic (exact) mass is 269 g/mol. The molecule has 1 unspecified atom stereocenters. The lowest BCUT2D eigenvalue weighted by Crippen LogP contribution is -2.19. The largest absolute Gasteiger partial charge is 0.493 e. The summed E-state index contributed by atoms with van der Waals surface area (Å²) in [5.41, 5.74) is 0.742. The molecule has 0 radical (unpaired) electrons. The SMILES string of the molecule is CCNC(C)c1cc(F)ccc1OCCC(=O)OC. The van der Waals surface area contributed by atoms with Gasteiger partial charge < -0.3 is 14.8 Å². The molecular formula is C14H20FNO3. The fourth-order valence-corrected chi connectivity index (χ4v) is 1.75. The highest BCUT2D eigenvalue weighted by atomic mass is 19.1. The third kappa shape index (κ3) is 4.87. The van der Waals surface area contributed by atoms with Crippen molar-refractivity contribution in [2.45, 2.75) is 26.3 Å². The van der Waals surface area contributed by atoms with Crippen molar-refractivity contribution in [3.05, 3.63) is 29.6 Å². The van der Waals surface area contributed by atoms with Crippen LogP contribution in [0.15, 0.2) is 18.2 Å². The lowest BCUT2D eigenvalue weighted by Gasteiger charge is -2.17. The third-order valence-electron chi connectivity index (χ3n) is 2.74. The third-order valence-corrected chi connectivity index (χ3v) is 2.74. The van der Waals surface area contributed by atoms with E-state index in [1.807, 2.05) is 13.8 Å². The number of esters is 1. The highest BCUT2D eigenvalue weighted by molar-refractivity contribution is 5.69. The highest BCUT2D eigenvalue weighted by Crippen LogP contribution is 2.26. The molecule has 0 spiro atoms. The quantitative estimate of drug-likeness (QED) is 0.772.